The average molecular weight is 284 g/mol. The van der Waals surface area contributed by atoms with Gasteiger partial charge in [-0.15, -0.1) is 0 Å². The van der Waals surface area contributed by atoms with Gasteiger partial charge < -0.3 is 10.4 Å². The molecule has 1 aliphatic carbocycles. The smallest absolute Gasteiger partial charge is 0.0540 e. The Labute approximate surface area is 105 Å². The van der Waals surface area contributed by atoms with Crippen molar-refractivity contribution in [2.75, 3.05) is 11.9 Å². The summed E-state index contributed by atoms with van der Waals surface area (Å²) in [4.78, 5) is 0. The van der Waals surface area contributed by atoms with Crippen molar-refractivity contribution >= 4 is 21.6 Å². The van der Waals surface area contributed by atoms with E-state index in [4.69, 9.17) is 0 Å². The Morgan fingerprint density at radius 1 is 1.12 bits per heavy atom. The van der Waals surface area contributed by atoms with Gasteiger partial charge in [-0.3, -0.25) is 0 Å². The molecule has 16 heavy (non-hydrogen) atoms. The van der Waals surface area contributed by atoms with Crippen molar-refractivity contribution in [1.29, 1.82) is 0 Å². The SMILES string of the molecule is OC1CCC(CNc2ccc(Br)cc2)CC1. The zero-order valence-electron chi connectivity index (χ0n) is 9.32. The van der Waals surface area contributed by atoms with Crippen LogP contribution < -0.4 is 5.32 Å². The molecule has 0 heterocycles. The highest BCUT2D eigenvalue weighted by Crippen LogP contribution is 2.24. The Balaban J connectivity index is 1.77. The van der Waals surface area contributed by atoms with Crippen molar-refractivity contribution in [3.8, 4) is 0 Å². The van der Waals surface area contributed by atoms with Gasteiger partial charge in [-0.2, -0.15) is 0 Å². The van der Waals surface area contributed by atoms with E-state index in [-0.39, 0.29) is 6.10 Å². The van der Waals surface area contributed by atoms with E-state index < -0.39 is 0 Å². The van der Waals surface area contributed by atoms with E-state index >= 15 is 0 Å². The molecule has 0 aromatic heterocycles. The lowest BCUT2D eigenvalue weighted by atomic mass is 9.87. The van der Waals surface area contributed by atoms with Crippen molar-refractivity contribution in [3.63, 3.8) is 0 Å². The number of aliphatic hydroxyl groups is 1. The van der Waals surface area contributed by atoms with Crippen molar-refractivity contribution in [3.05, 3.63) is 28.7 Å². The number of halogens is 1. The van der Waals surface area contributed by atoms with Crippen LogP contribution in [0.5, 0.6) is 0 Å². The minimum atomic E-state index is -0.0519. The highest BCUT2D eigenvalue weighted by atomic mass is 79.9. The predicted molar refractivity (Wildman–Crippen MR) is 70.6 cm³/mol. The van der Waals surface area contributed by atoms with Gasteiger partial charge in [0.05, 0.1) is 6.10 Å². The van der Waals surface area contributed by atoms with Crippen molar-refractivity contribution in [2.45, 2.75) is 31.8 Å². The molecule has 0 unspecified atom stereocenters. The molecule has 88 valence electrons. The van der Waals surface area contributed by atoms with E-state index in [2.05, 4.69) is 33.4 Å². The average Bonchev–Trinajstić information content (AvgIpc) is 2.30. The van der Waals surface area contributed by atoms with Crippen LogP contribution in [0.4, 0.5) is 5.69 Å². The largest absolute Gasteiger partial charge is 0.393 e. The van der Waals surface area contributed by atoms with E-state index in [9.17, 15) is 5.11 Å². The molecule has 2 rings (SSSR count). The van der Waals surface area contributed by atoms with Crippen LogP contribution in [0.2, 0.25) is 0 Å². The Morgan fingerprint density at radius 3 is 2.38 bits per heavy atom. The van der Waals surface area contributed by atoms with Gasteiger partial charge >= 0.3 is 0 Å². The second-order valence-corrected chi connectivity index (χ2v) is 5.48. The molecule has 0 spiro atoms. The van der Waals surface area contributed by atoms with Gasteiger partial charge in [-0.05, 0) is 55.9 Å². The van der Waals surface area contributed by atoms with Gasteiger partial charge in [-0.1, -0.05) is 15.9 Å². The summed E-state index contributed by atoms with van der Waals surface area (Å²) < 4.78 is 1.11. The first kappa shape index (κ1) is 11.9. The first-order chi connectivity index (χ1) is 7.74. The van der Waals surface area contributed by atoms with Crippen LogP contribution >= 0.6 is 15.9 Å². The third-order valence-electron chi connectivity index (χ3n) is 3.26. The van der Waals surface area contributed by atoms with Gasteiger partial charge in [0.1, 0.15) is 0 Å². The minimum absolute atomic E-state index is 0.0519. The summed E-state index contributed by atoms with van der Waals surface area (Å²) in [5.41, 5.74) is 1.18. The highest BCUT2D eigenvalue weighted by molar-refractivity contribution is 9.10. The Morgan fingerprint density at radius 2 is 1.75 bits per heavy atom. The summed E-state index contributed by atoms with van der Waals surface area (Å²) in [6.45, 7) is 1.02. The normalized spacial score (nSPS) is 25.4. The first-order valence-corrected chi connectivity index (χ1v) is 6.71. The second-order valence-electron chi connectivity index (χ2n) is 4.56. The summed E-state index contributed by atoms with van der Waals surface area (Å²) in [5.74, 6) is 0.715. The molecule has 0 amide bonds. The van der Waals surface area contributed by atoms with Crippen LogP contribution in [0.1, 0.15) is 25.7 Å². The molecule has 0 bridgehead atoms. The third kappa shape index (κ3) is 3.49. The van der Waals surface area contributed by atoms with Gasteiger partial charge in [0, 0.05) is 16.7 Å². The monoisotopic (exact) mass is 283 g/mol. The van der Waals surface area contributed by atoms with Crippen molar-refractivity contribution < 1.29 is 5.11 Å². The molecule has 1 aromatic carbocycles. The molecule has 0 aliphatic heterocycles. The fourth-order valence-electron chi connectivity index (χ4n) is 2.18. The number of nitrogens with one attached hydrogen (secondary N) is 1. The maximum absolute atomic E-state index is 9.42. The lowest BCUT2D eigenvalue weighted by molar-refractivity contribution is 0.111. The van der Waals surface area contributed by atoms with Crippen LogP contribution in [0.15, 0.2) is 28.7 Å². The molecule has 1 aromatic rings. The van der Waals surface area contributed by atoms with E-state index in [1.807, 2.05) is 12.1 Å². The fraction of sp³-hybridized carbons (Fsp3) is 0.538. The van der Waals surface area contributed by atoms with Gasteiger partial charge in [-0.25, -0.2) is 0 Å². The number of rotatable bonds is 3. The molecule has 1 saturated carbocycles. The molecule has 1 fully saturated rings. The molecule has 2 N–H and O–H groups in total. The maximum Gasteiger partial charge on any atom is 0.0540 e. The van der Waals surface area contributed by atoms with Gasteiger partial charge in [0.15, 0.2) is 0 Å². The second kappa shape index (κ2) is 5.69. The van der Waals surface area contributed by atoms with Gasteiger partial charge in [0.2, 0.25) is 0 Å². The summed E-state index contributed by atoms with van der Waals surface area (Å²) >= 11 is 3.42. The minimum Gasteiger partial charge on any atom is -0.393 e. The summed E-state index contributed by atoms with van der Waals surface area (Å²) in [7, 11) is 0. The summed E-state index contributed by atoms with van der Waals surface area (Å²) in [5, 5.41) is 12.9. The Kier molecular flexibility index (Phi) is 4.24. The standard InChI is InChI=1S/C13H18BrNO/c14-11-3-5-12(6-4-11)15-9-10-1-7-13(16)8-2-10/h3-6,10,13,15-16H,1-2,7-9H2. The molecule has 0 atom stereocenters. The molecule has 3 heteroatoms. The zero-order valence-corrected chi connectivity index (χ0v) is 10.9. The lowest BCUT2D eigenvalue weighted by Gasteiger charge is -2.25. The molecular weight excluding hydrogens is 266 g/mol. The van der Waals surface area contributed by atoms with E-state index in [1.165, 1.54) is 5.69 Å². The van der Waals surface area contributed by atoms with Crippen LogP contribution in [0.25, 0.3) is 0 Å². The summed E-state index contributed by atoms with van der Waals surface area (Å²) in [6, 6.07) is 8.27. The van der Waals surface area contributed by atoms with Crippen LogP contribution in [0, 0.1) is 5.92 Å². The van der Waals surface area contributed by atoms with Crippen LogP contribution in [-0.2, 0) is 0 Å². The maximum atomic E-state index is 9.42. The number of aliphatic hydroxyl groups excluding tert-OH is 1. The lowest BCUT2D eigenvalue weighted by Crippen LogP contribution is -2.23. The Hall–Kier alpha value is -0.540. The first-order valence-electron chi connectivity index (χ1n) is 5.91. The number of hydrogen-bond acceptors (Lipinski definition) is 2. The topological polar surface area (TPSA) is 32.3 Å². The van der Waals surface area contributed by atoms with Crippen molar-refractivity contribution in [1.82, 2.24) is 0 Å². The molecule has 0 saturated heterocycles. The van der Waals surface area contributed by atoms with Crippen molar-refractivity contribution in [2.24, 2.45) is 5.92 Å². The predicted octanol–water partition coefficient (Wildman–Crippen LogP) is 3.41. The number of hydrogen-bond donors (Lipinski definition) is 2. The fourth-order valence-corrected chi connectivity index (χ4v) is 2.44. The number of anilines is 1. The molecular formula is C13H18BrNO. The molecule has 0 radical (unpaired) electrons. The Bertz CT molecular complexity index is 317. The molecule has 1 aliphatic rings. The third-order valence-corrected chi connectivity index (χ3v) is 3.78. The van der Waals surface area contributed by atoms with Gasteiger partial charge in [0.25, 0.3) is 0 Å². The van der Waals surface area contributed by atoms with Crippen LogP contribution in [-0.4, -0.2) is 17.8 Å². The quantitative estimate of drug-likeness (QED) is 0.891. The summed E-state index contributed by atoms with van der Waals surface area (Å²) in [6.07, 6.45) is 4.17. The zero-order chi connectivity index (χ0) is 11.4. The van der Waals surface area contributed by atoms with E-state index in [1.54, 1.807) is 0 Å². The van der Waals surface area contributed by atoms with Crippen LogP contribution in [0.3, 0.4) is 0 Å². The van der Waals surface area contributed by atoms with E-state index in [0.29, 0.717) is 5.92 Å². The molecule has 2 nitrogen and oxygen atoms in total. The van der Waals surface area contributed by atoms with E-state index in [0.717, 1.165) is 36.7 Å². The number of benzene rings is 1. The highest BCUT2D eigenvalue weighted by Gasteiger charge is 2.18.